The highest BCUT2D eigenvalue weighted by molar-refractivity contribution is 6.31. The van der Waals surface area contributed by atoms with Gasteiger partial charge >= 0.3 is 0 Å². The highest BCUT2D eigenvalue weighted by Crippen LogP contribution is 2.24. The molecule has 86 valence electrons. The molecule has 5 nitrogen and oxygen atoms in total. The third-order valence-corrected chi connectivity index (χ3v) is 2.49. The van der Waals surface area contributed by atoms with Gasteiger partial charge in [-0.3, -0.25) is 0 Å². The first-order chi connectivity index (χ1) is 8.22. The van der Waals surface area contributed by atoms with E-state index in [9.17, 15) is 0 Å². The van der Waals surface area contributed by atoms with Crippen LogP contribution in [0.3, 0.4) is 0 Å². The Balaban J connectivity index is 2.13. The normalized spacial score (nSPS) is 9.88. The van der Waals surface area contributed by atoms with Crippen molar-refractivity contribution in [1.82, 2.24) is 5.16 Å². The van der Waals surface area contributed by atoms with Crippen molar-refractivity contribution in [3.63, 3.8) is 0 Å². The number of nitrogens with zero attached hydrogens (tertiary/aromatic N) is 2. The fraction of sp³-hybridized carbons (Fsp3) is 0.0909. The molecule has 1 aromatic carbocycles. The molecular weight excluding hydrogens is 242 g/mol. The predicted octanol–water partition coefficient (Wildman–Crippen LogP) is 2.36. The van der Waals surface area contributed by atoms with Gasteiger partial charge in [-0.2, -0.15) is 5.26 Å². The van der Waals surface area contributed by atoms with Gasteiger partial charge in [-0.25, -0.2) is 0 Å². The molecule has 0 fully saturated rings. The molecule has 2 rings (SSSR count). The van der Waals surface area contributed by atoms with Crippen LogP contribution in [-0.4, -0.2) is 5.16 Å². The van der Waals surface area contributed by atoms with Crippen molar-refractivity contribution in [2.24, 2.45) is 0 Å². The fourth-order valence-corrected chi connectivity index (χ4v) is 1.44. The molecule has 0 atom stereocenters. The largest absolute Gasteiger partial charge is 0.470 e. The number of ether oxygens (including phenoxy) is 1. The maximum absolute atomic E-state index is 8.80. The predicted molar refractivity (Wildman–Crippen MR) is 61.4 cm³/mol. The second-order valence-electron chi connectivity index (χ2n) is 3.22. The minimum absolute atomic E-state index is 0.0540. The number of nitriles is 1. The van der Waals surface area contributed by atoms with E-state index in [2.05, 4.69) is 9.68 Å². The van der Waals surface area contributed by atoms with Crippen LogP contribution in [0.25, 0.3) is 0 Å². The Morgan fingerprint density at radius 1 is 1.47 bits per heavy atom. The standard InChI is InChI=1S/C11H8ClN3O2/c12-9-4-2-1-3-7(9)6-16-11-8(5-13)10(14)17-15-11/h1-4H,6,14H2. The third kappa shape index (κ3) is 2.32. The summed E-state index contributed by atoms with van der Waals surface area (Å²) in [6.45, 7) is 0.195. The van der Waals surface area contributed by atoms with E-state index >= 15 is 0 Å². The van der Waals surface area contributed by atoms with Gasteiger partial charge in [0.1, 0.15) is 12.7 Å². The van der Waals surface area contributed by atoms with Crippen LogP contribution >= 0.6 is 11.6 Å². The van der Waals surface area contributed by atoms with Gasteiger partial charge in [0, 0.05) is 10.6 Å². The van der Waals surface area contributed by atoms with Crippen molar-refractivity contribution < 1.29 is 9.26 Å². The Morgan fingerprint density at radius 2 is 2.24 bits per heavy atom. The highest BCUT2D eigenvalue weighted by Gasteiger charge is 2.14. The van der Waals surface area contributed by atoms with E-state index in [0.29, 0.717) is 5.02 Å². The van der Waals surface area contributed by atoms with Crippen LogP contribution in [0, 0.1) is 11.3 Å². The Bertz CT molecular complexity index is 574. The topological polar surface area (TPSA) is 85.1 Å². The molecule has 0 saturated heterocycles. The van der Waals surface area contributed by atoms with Crippen LogP contribution in [0.2, 0.25) is 5.02 Å². The zero-order valence-corrected chi connectivity index (χ0v) is 9.44. The summed E-state index contributed by atoms with van der Waals surface area (Å²) in [6.07, 6.45) is 0. The van der Waals surface area contributed by atoms with Crippen molar-refractivity contribution in [3.8, 4) is 11.9 Å². The lowest BCUT2D eigenvalue weighted by molar-refractivity contribution is 0.270. The highest BCUT2D eigenvalue weighted by atomic mass is 35.5. The maximum Gasteiger partial charge on any atom is 0.275 e. The van der Waals surface area contributed by atoms with Crippen LogP contribution in [0.1, 0.15) is 11.1 Å². The molecule has 2 aromatic rings. The van der Waals surface area contributed by atoms with Gasteiger partial charge in [-0.05, 0) is 11.2 Å². The van der Waals surface area contributed by atoms with Crippen LogP contribution in [-0.2, 0) is 6.61 Å². The third-order valence-electron chi connectivity index (χ3n) is 2.12. The quantitative estimate of drug-likeness (QED) is 0.903. The minimum atomic E-state index is -0.0540. The summed E-state index contributed by atoms with van der Waals surface area (Å²) in [5.74, 6) is 0.0200. The molecule has 0 amide bonds. The molecule has 0 aliphatic carbocycles. The molecule has 0 bridgehead atoms. The summed E-state index contributed by atoms with van der Waals surface area (Å²) in [6, 6.07) is 9.09. The maximum atomic E-state index is 8.80. The first-order valence-corrected chi connectivity index (χ1v) is 5.11. The molecule has 17 heavy (non-hydrogen) atoms. The van der Waals surface area contributed by atoms with E-state index in [-0.39, 0.29) is 23.9 Å². The van der Waals surface area contributed by atoms with Gasteiger partial charge in [-0.15, -0.1) is 0 Å². The number of benzene rings is 1. The number of aromatic nitrogens is 1. The van der Waals surface area contributed by atoms with Crippen molar-refractivity contribution in [2.45, 2.75) is 6.61 Å². The number of hydrogen-bond acceptors (Lipinski definition) is 5. The first-order valence-electron chi connectivity index (χ1n) is 4.74. The van der Waals surface area contributed by atoms with Gasteiger partial charge in [0.05, 0.1) is 0 Å². The van der Waals surface area contributed by atoms with Crippen molar-refractivity contribution >= 4 is 17.5 Å². The van der Waals surface area contributed by atoms with Gasteiger partial charge in [0.25, 0.3) is 5.88 Å². The Hall–Kier alpha value is -2.19. The molecule has 1 aromatic heterocycles. The van der Waals surface area contributed by atoms with Gasteiger partial charge in [0.2, 0.25) is 5.88 Å². The van der Waals surface area contributed by atoms with E-state index in [1.54, 1.807) is 6.07 Å². The van der Waals surface area contributed by atoms with Crippen molar-refractivity contribution in [1.29, 1.82) is 5.26 Å². The van der Waals surface area contributed by atoms with E-state index in [4.69, 9.17) is 27.3 Å². The zero-order valence-electron chi connectivity index (χ0n) is 8.68. The molecule has 6 heteroatoms. The van der Waals surface area contributed by atoms with E-state index in [0.717, 1.165) is 5.56 Å². The molecule has 0 aliphatic rings. The second kappa shape index (κ2) is 4.76. The lowest BCUT2D eigenvalue weighted by atomic mass is 10.2. The molecule has 0 saturated carbocycles. The fourth-order valence-electron chi connectivity index (χ4n) is 1.25. The molecule has 0 radical (unpaired) electrons. The summed E-state index contributed by atoms with van der Waals surface area (Å²) < 4.78 is 9.98. The lowest BCUT2D eigenvalue weighted by Gasteiger charge is -2.04. The van der Waals surface area contributed by atoms with E-state index in [1.807, 2.05) is 24.3 Å². The number of anilines is 1. The second-order valence-corrected chi connectivity index (χ2v) is 3.63. The number of halogens is 1. The molecule has 1 heterocycles. The zero-order chi connectivity index (χ0) is 12.3. The monoisotopic (exact) mass is 249 g/mol. The Morgan fingerprint density at radius 3 is 2.94 bits per heavy atom. The van der Waals surface area contributed by atoms with Crippen molar-refractivity contribution in [2.75, 3.05) is 5.73 Å². The summed E-state index contributed by atoms with van der Waals surface area (Å²) in [5.41, 5.74) is 6.28. The smallest absolute Gasteiger partial charge is 0.275 e. The Labute approximate surface area is 102 Å². The molecule has 0 spiro atoms. The molecule has 0 unspecified atom stereocenters. The Kier molecular flexibility index (Phi) is 3.17. The molecule has 2 N–H and O–H groups in total. The van der Waals surface area contributed by atoms with Crippen LogP contribution < -0.4 is 10.5 Å². The van der Waals surface area contributed by atoms with Crippen LogP contribution in [0.15, 0.2) is 28.8 Å². The lowest BCUT2D eigenvalue weighted by Crippen LogP contribution is -1.98. The number of hydrogen-bond donors (Lipinski definition) is 1. The summed E-state index contributed by atoms with van der Waals surface area (Å²) in [5, 5.41) is 12.9. The SMILES string of the molecule is N#Cc1c(OCc2ccccc2Cl)noc1N. The van der Waals surface area contributed by atoms with Gasteiger partial charge < -0.3 is 15.0 Å². The van der Waals surface area contributed by atoms with Gasteiger partial charge in [0.15, 0.2) is 5.56 Å². The van der Waals surface area contributed by atoms with Crippen LogP contribution in [0.5, 0.6) is 5.88 Å². The average Bonchev–Trinajstić information content (AvgIpc) is 2.69. The summed E-state index contributed by atoms with van der Waals surface area (Å²) in [4.78, 5) is 0. The minimum Gasteiger partial charge on any atom is -0.470 e. The first kappa shape index (κ1) is 11.3. The van der Waals surface area contributed by atoms with Gasteiger partial charge in [-0.1, -0.05) is 29.8 Å². The summed E-state index contributed by atoms with van der Waals surface area (Å²) >= 11 is 5.96. The average molecular weight is 250 g/mol. The number of nitrogen functional groups attached to an aromatic ring is 1. The molecular formula is C11H8ClN3O2. The van der Waals surface area contributed by atoms with E-state index < -0.39 is 0 Å². The number of nitrogens with two attached hydrogens (primary N) is 1. The van der Waals surface area contributed by atoms with Crippen molar-refractivity contribution in [3.05, 3.63) is 40.4 Å². The van der Waals surface area contributed by atoms with Crippen LogP contribution in [0.4, 0.5) is 5.88 Å². The van der Waals surface area contributed by atoms with E-state index in [1.165, 1.54) is 0 Å². The summed E-state index contributed by atoms with van der Waals surface area (Å²) in [7, 11) is 0. The molecule has 0 aliphatic heterocycles. The number of rotatable bonds is 3.